The van der Waals surface area contributed by atoms with E-state index >= 15 is 0 Å². The van der Waals surface area contributed by atoms with E-state index in [0.717, 1.165) is 0 Å². The minimum absolute atomic E-state index is 0. The molecule has 0 aliphatic heterocycles. The molecule has 0 rings (SSSR count). The van der Waals surface area contributed by atoms with Gasteiger partial charge >= 0.3 is 34.7 Å². The maximum absolute atomic E-state index is 9.66. The van der Waals surface area contributed by atoms with Gasteiger partial charge in [0.25, 0.3) is 0 Å². The molecular weight excluding hydrogens is 637 g/mol. The predicted octanol–water partition coefficient (Wildman–Crippen LogP) is 7.68. The summed E-state index contributed by atoms with van der Waals surface area (Å²) in [6.45, 7) is 34.7. The average Bonchev–Trinajstić information content (AvgIpc) is 2.64. The summed E-state index contributed by atoms with van der Waals surface area (Å²) >= 11 is 0. The Kier molecular flexibility index (Phi) is 19.5. The fourth-order valence-corrected chi connectivity index (χ4v) is 2.07. The summed E-state index contributed by atoms with van der Waals surface area (Å²) in [5, 5.41) is 0. The van der Waals surface area contributed by atoms with Crippen LogP contribution in [-0.4, -0.2) is 63.5 Å². The smallest absolute Gasteiger partial charge is 0.282 e. The number of rotatable bonds is 6. The minimum Gasteiger partial charge on any atom is -0.282 e. The van der Waals surface area contributed by atoms with Crippen LogP contribution in [0, 0.1) is 73.3 Å². The first-order valence-corrected chi connectivity index (χ1v) is 14.0. The summed E-state index contributed by atoms with van der Waals surface area (Å²) in [6, 6.07) is 0. The minimum atomic E-state index is -0.251. The largest absolute Gasteiger partial charge is 0.311 e. The van der Waals surface area contributed by atoms with Crippen LogP contribution in [0.3, 0.4) is 0 Å². The van der Waals surface area contributed by atoms with Crippen LogP contribution in [0.5, 0.6) is 0 Å². The van der Waals surface area contributed by atoms with E-state index in [1.54, 1.807) is 0 Å². The van der Waals surface area contributed by atoms with Crippen molar-refractivity contribution in [2.75, 3.05) is 0 Å². The quantitative estimate of drug-likeness (QED) is 0.199. The summed E-state index contributed by atoms with van der Waals surface area (Å²) in [5.74, 6) is 2.00. The van der Waals surface area contributed by atoms with Gasteiger partial charge in [-0.25, -0.2) is 0 Å². The van der Waals surface area contributed by atoms with E-state index in [4.69, 9.17) is 0 Å². The summed E-state index contributed by atoms with van der Waals surface area (Å²) in [4.78, 5) is 57.9. The van der Waals surface area contributed by atoms with Crippen LogP contribution < -0.4 is 0 Å². The van der Waals surface area contributed by atoms with Gasteiger partial charge in [0.05, 0.1) is 32.5 Å². The van der Waals surface area contributed by atoms with E-state index in [1.807, 2.05) is 125 Å². The zero-order valence-corrected chi connectivity index (χ0v) is 32.5. The van der Waals surface area contributed by atoms with E-state index in [0.29, 0.717) is 34.7 Å². The van der Waals surface area contributed by atoms with Crippen molar-refractivity contribution in [1.82, 2.24) is 0 Å². The van der Waals surface area contributed by atoms with Crippen molar-refractivity contribution in [1.29, 1.82) is 0 Å². The maximum Gasteiger partial charge on any atom is 0.311 e. The second-order valence-corrected chi connectivity index (χ2v) is 16.7. The van der Waals surface area contributed by atoms with E-state index in [2.05, 4.69) is 0 Å². The van der Waals surface area contributed by atoms with Gasteiger partial charge in [-0.15, -0.1) is 0 Å². The molecule has 0 amide bonds. The standard InChI is InChI=1S/3C11H20O2.Nd/c3*1-10(2,3)8(12)7-9(13)11(4,5)6;/h3*7H2,1-6H3;/p+6. The van der Waals surface area contributed by atoms with Gasteiger partial charge in [-0.1, -0.05) is 0 Å². The van der Waals surface area contributed by atoms with E-state index in [9.17, 15) is 28.8 Å². The summed E-state index contributed by atoms with van der Waals surface area (Å²) in [7, 11) is 0. The first kappa shape index (κ1) is 46.3. The molecule has 0 aromatic rings. The molecule has 0 bridgehead atoms. The van der Waals surface area contributed by atoms with Gasteiger partial charge in [0.1, 0.15) is 0 Å². The molecule has 0 fully saturated rings. The van der Waals surface area contributed by atoms with Crippen molar-refractivity contribution >= 4 is 34.7 Å². The van der Waals surface area contributed by atoms with Gasteiger partial charge < -0.3 is 0 Å². The molecule has 6 nitrogen and oxygen atoms in total. The molecule has 0 aromatic carbocycles. The average molecular weight is 703 g/mol. The first-order valence-electron chi connectivity index (χ1n) is 14.0. The topological polar surface area (TPSA) is 128 Å². The third kappa shape index (κ3) is 22.0. The van der Waals surface area contributed by atoms with Gasteiger partial charge in [0.2, 0.25) is 0 Å². The van der Waals surface area contributed by atoms with Crippen molar-refractivity contribution in [3.8, 4) is 0 Å². The normalized spacial score (nSPS) is 12.4. The first-order chi connectivity index (χ1) is 16.6. The Hall–Kier alpha value is -0.629. The molecular formula is C33H66NdO6+6. The molecule has 0 atom stereocenters. The van der Waals surface area contributed by atoms with Crippen LogP contribution in [0.25, 0.3) is 0 Å². The van der Waals surface area contributed by atoms with Crippen molar-refractivity contribution < 1.29 is 69.6 Å². The number of hydrogen-bond donors (Lipinski definition) is 0. The molecule has 0 spiro atoms. The molecule has 40 heavy (non-hydrogen) atoms. The molecule has 7 heteroatoms. The van der Waals surface area contributed by atoms with E-state index in [1.165, 1.54) is 0 Å². The van der Waals surface area contributed by atoms with Crippen LogP contribution in [0.4, 0.5) is 0 Å². The van der Waals surface area contributed by atoms with Crippen LogP contribution >= 0.6 is 0 Å². The number of hydrogen-bond acceptors (Lipinski definition) is 0. The third-order valence-corrected chi connectivity index (χ3v) is 6.20. The van der Waals surface area contributed by atoms with Crippen molar-refractivity contribution in [2.45, 2.75) is 144 Å². The molecule has 0 aromatic heterocycles. The summed E-state index contributed by atoms with van der Waals surface area (Å²) < 4.78 is 0. The van der Waals surface area contributed by atoms with Crippen LogP contribution in [0.1, 0.15) is 144 Å². The van der Waals surface area contributed by atoms with Gasteiger partial charge in [0, 0.05) is 40.8 Å². The van der Waals surface area contributed by atoms with Crippen LogP contribution in [0.15, 0.2) is 0 Å². The molecule has 0 aliphatic carbocycles. The van der Waals surface area contributed by atoms with Crippen LogP contribution in [0.2, 0.25) is 0 Å². The molecule has 0 saturated heterocycles. The summed E-state index contributed by atoms with van der Waals surface area (Å²) in [5.41, 5.74) is -1.50. The Morgan fingerprint density at radius 3 is 0.400 bits per heavy atom. The zero-order chi connectivity index (χ0) is 32.6. The summed E-state index contributed by atoms with van der Waals surface area (Å²) in [6.07, 6.45) is 0.854. The fraction of sp³-hybridized carbons (Fsp3) is 0.818. The Balaban J connectivity index is -0.000000240. The third-order valence-electron chi connectivity index (χ3n) is 6.20. The SMILES string of the molecule is CC(C)(C)C(=[OH+])CC(=[OH+])C(C)(C)C.CC(C)(C)C(=[OH+])CC(=[OH+])C(C)(C)C.CC(C)(C)C(=[OH+])CC(=[OH+])C(C)(C)C.[Nd]. The Bertz CT molecular complexity index is 693. The van der Waals surface area contributed by atoms with Crippen molar-refractivity contribution in [3.05, 3.63) is 0 Å². The van der Waals surface area contributed by atoms with Crippen LogP contribution in [-0.2, 0) is 0 Å². The van der Waals surface area contributed by atoms with E-state index < -0.39 is 0 Å². The second-order valence-electron chi connectivity index (χ2n) is 16.7. The molecule has 0 radical (unpaired) electrons. The van der Waals surface area contributed by atoms with E-state index in [-0.39, 0.29) is 92.6 Å². The molecule has 6 N–H and O–H groups in total. The number of carbonyl (C=O) groups excluding carboxylic acids is 6. The Labute approximate surface area is 278 Å². The molecule has 0 saturated carbocycles. The second kappa shape index (κ2) is 16.9. The van der Waals surface area contributed by atoms with Gasteiger partial charge in [0.15, 0.2) is 19.3 Å². The molecule has 0 unspecified atom stereocenters. The maximum atomic E-state index is 9.66. The predicted molar refractivity (Wildman–Crippen MR) is 172 cm³/mol. The van der Waals surface area contributed by atoms with Crippen molar-refractivity contribution in [2.24, 2.45) is 32.5 Å². The molecule has 232 valence electrons. The Morgan fingerprint density at radius 1 is 0.275 bits per heavy atom. The van der Waals surface area contributed by atoms with Gasteiger partial charge in [-0.2, -0.15) is 0 Å². The number of ketones is 6. The molecule has 0 aliphatic rings. The van der Waals surface area contributed by atoms with Gasteiger partial charge in [-0.05, 0) is 125 Å². The van der Waals surface area contributed by atoms with Gasteiger partial charge in [-0.3, -0.25) is 28.8 Å². The van der Waals surface area contributed by atoms with Crippen molar-refractivity contribution in [3.63, 3.8) is 0 Å². The molecule has 0 heterocycles. The fourth-order valence-electron chi connectivity index (χ4n) is 2.07. The zero-order valence-electron chi connectivity index (χ0n) is 29.3. The monoisotopic (exact) mass is 700 g/mol. The Morgan fingerprint density at radius 2 is 0.350 bits per heavy atom.